The summed E-state index contributed by atoms with van der Waals surface area (Å²) in [4.78, 5) is 2.38. The van der Waals surface area contributed by atoms with E-state index in [1.54, 1.807) is 0 Å². The summed E-state index contributed by atoms with van der Waals surface area (Å²) in [6, 6.07) is 12.9. The molecule has 0 bridgehead atoms. The van der Waals surface area contributed by atoms with Crippen molar-refractivity contribution in [2.45, 2.75) is 26.2 Å². The van der Waals surface area contributed by atoms with Gasteiger partial charge in [-0.05, 0) is 66.9 Å². The minimum Gasteiger partial charge on any atom is -0.320 e. The molecule has 0 atom stereocenters. The van der Waals surface area contributed by atoms with E-state index in [2.05, 4.69) is 41.8 Å². The van der Waals surface area contributed by atoms with Crippen molar-refractivity contribution in [1.82, 2.24) is 9.47 Å². The fraction of sp³-hybridized carbons (Fsp3) is 0.304. The Kier molecular flexibility index (Phi) is 5.07. The van der Waals surface area contributed by atoms with Gasteiger partial charge in [0.2, 0.25) is 0 Å². The molecule has 0 spiro atoms. The predicted molar refractivity (Wildman–Crippen MR) is 113 cm³/mol. The summed E-state index contributed by atoms with van der Waals surface area (Å²) in [5.74, 6) is -0.202. The van der Waals surface area contributed by atoms with Crippen LogP contribution in [0.1, 0.15) is 30.2 Å². The number of hydrogen-bond acceptors (Lipinski definition) is 1. The third kappa shape index (κ3) is 3.54. The Morgan fingerprint density at radius 1 is 1.11 bits per heavy atom. The molecule has 1 aromatic heterocycles. The Morgan fingerprint density at radius 3 is 2.59 bits per heavy atom. The molecule has 1 aliphatic heterocycles. The summed E-state index contributed by atoms with van der Waals surface area (Å²) < 4.78 is 15.7. The van der Waals surface area contributed by atoms with Gasteiger partial charge >= 0.3 is 0 Å². The van der Waals surface area contributed by atoms with E-state index in [9.17, 15) is 4.39 Å². The van der Waals surface area contributed by atoms with Gasteiger partial charge in [0.25, 0.3) is 0 Å². The molecule has 140 valence electrons. The summed E-state index contributed by atoms with van der Waals surface area (Å²) in [6.45, 7) is 4.24. The number of hydrogen-bond donors (Lipinski definition) is 0. The van der Waals surface area contributed by atoms with Gasteiger partial charge in [-0.15, -0.1) is 0 Å². The number of allylic oxidation sites excluding steroid dienone is 1. The van der Waals surface area contributed by atoms with Crippen molar-refractivity contribution in [2.24, 2.45) is 0 Å². The lowest BCUT2D eigenvalue weighted by Gasteiger charge is -2.13. The molecule has 0 amide bonds. The van der Waals surface area contributed by atoms with Crippen LogP contribution in [-0.2, 0) is 12.8 Å². The number of rotatable bonds is 3. The lowest BCUT2D eigenvalue weighted by Crippen LogP contribution is -2.21. The van der Waals surface area contributed by atoms with Crippen LogP contribution in [-0.4, -0.2) is 29.6 Å². The van der Waals surface area contributed by atoms with E-state index in [-0.39, 0.29) is 5.82 Å². The predicted octanol–water partition coefficient (Wildman–Crippen LogP) is 5.87. The fourth-order valence-corrected chi connectivity index (χ4v) is 4.18. The zero-order chi connectivity index (χ0) is 19.0. The first-order chi connectivity index (χ1) is 13.1. The number of nitrogens with zero attached hydrogens (tertiary/aromatic N) is 2. The summed E-state index contributed by atoms with van der Waals surface area (Å²) in [5.41, 5.74) is 6.23. The van der Waals surface area contributed by atoms with Gasteiger partial charge in [0.05, 0.1) is 5.52 Å². The number of benzene rings is 2. The average Bonchev–Trinajstić information content (AvgIpc) is 2.80. The van der Waals surface area contributed by atoms with Crippen LogP contribution in [0.3, 0.4) is 0 Å². The number of fused-ring (bicyclic) bond motifs is 3. The Bertz CT molecular complexity index is 1000. The largest absolute Gasteiger partial charge is 0.320 e. The van der Waals surface area contributed by atoms with Crippen LogP contribution in [0.2, 0.25) is 5.02 Å². The van der Waals surface area contributed by atoms with E-state index < -0.39 is 0 Å². The van der Waals surface area contributed by atoms with Crippen LogP contribution in [0.15, 0.2) is 42.5 Å². The molecule has 2 nitrogen and oxygen atoms in total. The van der Waals surface area contributed by atoms with Crippen molar-refractivity contribution in [3.05, 3.63) is 70.1 Å². The van der Waals surface area contributed by atoms with Crippen LogP contribution < -0.4 is 0 Å². The summed E-state index contributed by atoms with van der Waals surface area (Å²) >= 11 is 6.31. The second-order valence-electron chi connectivity index (χ2n) is 7.27. The topological polar surface area (TPSA) is 8.17 Å². The van der Waals surface area contributed by atoms with Crippen molar-refractivity contribution in [2.75, 3.05) is 20.1 Å². The van der Waals surface area contributed by atoms with E-state index in [0.717, 1.165) is 42.9 Å². The molecule has 4 rings (SSSR count). The van der Waals surface area contributed by atoms with Crippen molar-refractivity contribution in [3.8, 4) is 0 Å². The maximum atomic E-state index is 13.3. The molecule has 27 heavy (non-hydrogen) atoms. The second kappa shape index (κ2) is 7.49. The molecule has 0 fully saturated rings. The van der Waals surface area contributed by atoms with Gasteiger partial charge < -0.3 is 9.47 Å². The van der Waals surface area contributed by atoms with Gasteiger partial charge in [-0.25, -0.2) is 4.39 Å². The maximum absolute atomic E-state index is 13.3. The number of halogens is 2. The highest BCUT2D eigenvalue weighted by Crippen LogP contribution is 2.33. The van der Waals surface area contributed by atoms with Gasteiger partial charge in [-0.2, -0.15) is 0 Å². The molecule has 1 aliphatic rings. The SMILES string of the molecule is CCC(=Cn1c2c(c3cc(Cl)ccc31)CCN(C)CC2)c1ccc(F)cc1. The highest BCUT2D eigenvalue weighted by molar-refractivity contribution is 6.31. The second-order valence-corrected chi connectivity index (χ2v) is 7.71. The van der Waals surface area contributed by atoms with Crippen molar-refractivity contribution in [1.29, 1.82) is 0 Å². The fourth-order valence-electron chi connectivity index (χ4n) is 4.01. The van der Waals surface area contributed by atoms with Gasteiger partial charge in [0, 0.05) is 41.8 Å². The molecule has 0 radical (unpaired) electrons. The molecule has 4 heteroatoms. The van der Waals surface area contributed by atoms with Crippen LogP contribution in [0.25, 0.3) is 22.7 Å². The van der Waals surface area contributed by atoms with Crippen molar-refractivity contribution in [3.63, 3.8) is 0 Å². The van der Waals surface area contributed by atoms with E-state index in [1.807, 2.05) is 18.2 Å². The van der Waals surface area contributed by atoms with Crippen molar-refractivity contribution < 1.29 is 4.39 Å². The first-order valence-electron chi connectivity index (χ1n) is 9.53. The lowest BCUT2D eigenvalue weighted by atomic mass is 10.0. The monoisotopic (exact) mass is 382 g/mol. The molecule has 0 N–H and O–H groups in total. The Labute approximate surface area is 164 Å². The highest BCUT2D eigenvalue weighted by Gasteiger charge is 2.20. The van der Waals surface area contributed by atoms with Gasteiger partial charge in [-0.1, -0.05) is 30.7 Å². The normalized spacial score (nSPS) is 15.8. The molecule has 3 aromatic rings. The number of aromatic nitrogens is 1. The first-order valence-corrected chi connectivity index (χ1v) is 9.91. The molecule has 0 aliphatic carbocycles. The first kappa shape index (κ1) is 18.3. The molecule has 2 heterocycles. The third-order valence-corrected chi connectivity index (χ3v) is 5.77. The summed E-state index contributed by atoms with van der Waals surface area (Å²) in [6.07, 6.45) is 5.15. The summed E-state index contributed by atoms with van der Waals surface area (Å²) in [7, 11) is 2.18. The van der Waals surface area contributed by atoms with Crippen LogP contribution in [0.4, 0.5) is 4.39 Å². The Morgan fingerprint density at radius 2 is 1.85 bits per heavy atom. The van der Waals surface area contributed by atoms with Crippen molar-refractivity contribution >= 4 is 34.3 Å². The van der Waals surface area contributed by atoms with Crippen LogP contribution in [0, 0.1) is 5.82 Å². The molecule has 2 aromatic carbocycles. The van der Waals surface area contributed by atoms with E-state index in [1.165, 1.54) is 39.9 Å². The highest BCUT2D eigenvalue weighted by atomic mass is 35.5. The van der Waals surface area contributed by atoms with Gasteiger partial charge in [0.1, 0.15) is 5.82 Å². The quantitative estimate of drug-likeness (QED) is 0.549. The minimum absolute atomic E-state index is 0.202. The molecular formula is C23H24ClFN2. The Hall–Kier alpha value is -2.10. The maximum Gasteiger partial charge on any atom is 0.123 e. The van der Waals surface area contributed by atoms with Gasteiger partial charge in [-0.3, -0.25) is 0 Å². The van der Waals surface area contributed by atoms with Crippen LogP contribution in [0.5, 0.6) is 0 Å². The molecule has 0 saturated carbocycles. The number of likely N-dealkylation sites (N-methyl/N-ethyl adjacent to an activating group) is 1. The third-order valence-electron chi connectivity index (χ3n) is 5.54. The van der Waals surface area contributed by atoms with E-state index >= 15 is 0 Å². The van der Waals surface area contributed by atoms with Gasteiger partial charge in [0.15, 0.2) is 0 Å². The average molecular weight is 383 g/mol. The van der Waals surface area contributed by atoms with E-state index in [4.69, 9.17) is 11.6 Å². The zero-order valence-corrected chi connectivity index (χ0v) is 16.6. The molecule has 0 saturated heterocycles. The zero-order valence-electron chi connectivity index (χ0n) is 15.8. The van der Waals surface area contributed by atoms with Crippen LogP contribution >= 0.6 is 11.6 Å². The molecule has 0 unspecified atom stereocenters. The molecular weight excluding hydrogens is 359 g/mol. The minimum atomic E-state index is -0.202. The van der Waals surface area contributed by atoms with E-state index in [0.29, 0.717) is 0 Å². The lowest BCUT2D eigenvalue weighted by molar-refractivity contribution is 0.351. The summed E-state index contributed by atoms with van der Waals surface area (Å²) in [5, 5.41) is 2.02. The smallest absolute Gasteiger partial charge is 0.123 e. The Balaban J connectivity index is 1.91. The standard InChI is InChI=1S/C23H24ClFN2/c1-3-16(17-4-7-19(25)8-5-17)15-27-22-9-6-18(24)14-21(22)20-10-12-26(2)13-11-23(20)27/h4-9,14-15H,3,10-13H2,1-2H3.